The first-order valence-corrected chi connectivity index (χ1v) is 6.65. The van der Waals surface area contributed by atoms with E-state index in [-0.39, 0.29) is 0 Å². The third-order valence-corrected chi connectivity index (χ3v) is 3.03. The second-order valence-electron chi connectivity index (χ2n) is 4.45. The van der Waals surface area contributed by atoms with Crippen LogP contribution in [-0.4, -0.2) is 20.9 Å². The second kappa shape index (κ2) is 5.51. The number of nitrogens with zero attached hydrogens (tertiary/aromatic N) is 4. The summed E-state index contributed by atoms with van der Waals surface area (Å²) in [6.07, 6.45) is 5.46. The topological polar surface area (TPSA) is 78.0 Å². The molecule has 0 fully saturated rings. The molecule has 0 saturated carbocycles. The number of fused-ring (bicyclic) bond motifs is 1. The van der Waals surface area contributed by atoms with E-state index in [1.807, 2.05) is 41.9 Å². The standard InChI is InChI=1S/C15H14N6/c1-2-17-13-10-21-8-7-18-15(21)14(20-13)19-12-6-4-3-5-11(12)9-16/h3-8,10,17H,2H2,1H3,(H,19,20). The predicted molar refractivity (Wildman–Crippen MR) is 81.6 cm³/mol. The van der Waals surface area contributed by atoms with E-state index in [1.54, 1.807) is 12.3 Å². The van der Waals surface area contributed by atoms with Gasteiger partial charge in [0, 0.05) is 18.9 Å². The van der Waals surface area contributed by atoms with E-state index in [9.17, 15) is 0 Å². The summed E-state index contributed by atoms with van der Waals surface area (Å²) in [5, 5.41) is 15.5. The molecular weight excluding hydrogens is 264 g/mol. The Balaban J connectivity index is 2.07. The maximum absolute atomic E-state index is 9.16. The van der Waals surface area contributed by atoms with Crippen LogP contribution in [0.5, 0.6) is 0 Å². The lowest BCUT2D eigenvalue weighted by molar-refractivity contribution is 1.09. The minimum atomic E-state index is 0.567. The molecule has 0 spiro atoms. The highest BCUT2D eigenvalue weighted by Gasteiger charge is 2.09. The Morgan fingerprint density at radius 1 is 1.33 bits per heavy atom. The van der Waals surface area contributed by atoms with Crippen molar-refractivity contribution in [3.63, 3.8) is 0 Å². The van der Waals surface area contributed by atoms with Gasteiger partial charge >= 0.3 is 0 Å². The van der Waals surface area contributed by atoms with Gasteiger partial charge < -0.3 is 15.0 Å². The Hall–Kier alpha value is -3.07. The van der Waals surface area contributed by atoms with Crippen molar-refractivity contribution < 1.29 is 0 Å². The third kappa shape index (κ3) is 2.49. The predicted octanol–water partition coefficient (Wildman–Crippen LogP) is 2.78. The molecule has 0 aliphatic carbocycles. The summed E-state index contributed by atoms with van der Waals surface area (Å²) in [5.41, 5.74) is 1.99. The van der Waals surface area contributed by atoms with Gasteiger partial charge in [-0.05, 0) is 19.1 Å². The Morgan fingerprint density at radius 3 is 3.00 bits per heavy atom. The molecule has 6 heteroatoms. The highest BCUT2D eigenvalue weighted by molar-refractivity contribution is 5.74. The SMILES string of the molecule is CCNc1cn2ccnc2c(Nc2ccccc2C#N)n1. The monoisotopic (exact) mass is 278 g/mol. The van der Waals surface area contributed by atoms with Gasteiger partial charge in [-0.25, -0.2) is 9.97 Å². The number of nitriles is 1. The van der Waals surface area contributed by atoms with E-state index in [0.29, 0.717) is 22.7 Å². The first-order chi connectivity index (χ1) is 10.3. The molecule has 2 heterocycles. The molecule has 2 aromatic heterocycles. The summed E-state index contributed by atoms with van der Waals surface area (Å²) in [6.45, 7) is 2.79. The van der Waals surface area contributed by atoms with Gasteiger partial charge in [0.1, 0.15) is 11.9 Å². The van der Waals surface area contributed by atoms with Crippen LogP contribution in [-0.2, 0) is 0 Å². The molecule has 0 amide bonds. The first-order valence-electron chi connectivity index (χ1n) is 6.65. The van der Waals surface area contributed by atoms with E-state index >= 15 is 0 Å². The number of aromatic nitrogens is 3. The summed E-state index contributed by atoms with van der Waals surface area (Å²) in [7, 11) is 0. The van der Waals surface area contributed by atoms with Crippen LogP contribution in [0.2, 0.25) is 0 Å². The van der Waals surface area contributed by atoms with E-state index < -0.39 is 0 Å². The van der Waals surface area contributed by atoms with E-state index in [0.717, 1.165) is 12.4 Å². The second-order valence-corrected chi connectivity index (χ2v) is 4.45. The molecule has 6 nitrogen and oxygen atoms in total. The van der Waals surface area contributed by atoms with Gasteiger partial charge in [-0.2, -0.15) is 5.26 Å². The van der Waals surface area contributed by atoms with Gasteiger partial charge in [0.25, 0.3) is 0 Å². The number of para-hydroxylation sites is 1. The van der Waals surface area contributed by atoms with Gasteiger partial charge in [-0.1, -0.05) is 12.1 Å². The van der Waals surface area contributed by atoms with Crippen molar-refractivity contribution in [1.82, 2.24) is 14.4 Å². The summed E-state index contributed by atoms with van der Waals surface area (Å²) in [6, 6.07) is 9.48. The summed E-state index contributed by atoms with van der Waals surface area (Å²) >= 11 is 0. The average molecular weight is 278 g/mol. The number of hydrogen-bond donors (Lipinski definition) is 2. The van der Waals surface area contributed by atoms with Crippen LogP contribution < -0.4 is 10.6 Å². The zero-order valence-electron chi connectivity index (χ0n) is 11.5. The van der Waals surface area contributed by atoms with Gasteiger partial charge in [0.05, 0.1) is 17.4 Å². The molecule has 21 heavy (non-hydrogen) atoms. The molecule has 0 radical (unpaired) electrons. The smallest absolute Gasteiger partial charge is 0.180 e. The lowest BCUT2D eigenvalue weighted by atomic mass is 10.2. The highest BCUT2D eigenvalue weighted by Crippen LogP contribution is 2.23. The van der Waals surface area contributed by atoms with Crippen molar-refractivity contribution in [2.24, 2.45) is 0 Å². The normalized spacial score (nSPS) is 10.3. The minimum absolute atomic E-state index is 0.567. The van der Waals surface area contributed by atoms with Crippen LogP contribution >= 0.6 is 0 Å². The summed E-state index contributed by atoms with van der Waals surface area (Å²) in [4.78, 5) is 8.82. The van der Waals surface area contributed by atoms with Crippen molar-refractivity contribution in [3.05, 3.63) is 48.4 Å². The molecular formula is C15H14N6. The van der Waals surface area contributed by atoms with Gasteiger partial charge in [0.2, 0.25) is 0 Å². The lowest BCUT2D eigenvalue weighted by Gasteiger charge is -2.11. The number of nitrogens with one attached hydrogen (secondary N) is 2. The van der Waals surface area contributed by atoms with Crippen LogP contribution in [0, 0.1) is 11.3 Å². The Kier molecular flexibility index (Phi) is 3.39. The molecule has 3 rings (SSSR count). The summed E-state index contributed by atoms with van der Waals surface area (Å²) < 4.78 is 1.89. The van der Waals surface area contributed by atoms with E-state index in [4.69, 9.17) is 5.26 Å². The highest BCUT2D eigenvalue weighted by atomic mass is 15.1. The van der Waals surface area contributed by atoms with Crippen LogP contribution in [0.4, 0.5) is 17.3 Å². The number of anilines is 3. The molecule has 0 unspecified atom stereocenters. The molecule has 0 saturated heterocycles. The average Bonchev–Trinajstić information content (AvgIpc) is 2.97. The molecule has 1 aromatic carbocycles. The van der Waals surface area contributed by atoms with Crippen molar-refractivity contribution in [1.29, 1.82) is 5.26 Å². The van der Waals surface area contributed by atoms with Crippen LogP contribution in [0.3, 0.4) is 0 Å². The van der Waals surface area contributed by atoms with Gasteiger partial charge in [-0.15, -0.1) is 0 Å². The first kappa shape index (κ1) is 12.9. The van der Waals surface area contributed by atoms with Crippen molar-refractivity contribution in [3.8, 4) is 6.07 Å². The zero-order chi connectivity index (χ0) is 14.7. The fourth-order valence-electron chi connectivity index (χ4n) is 2.10. The van der Waals surface area contributed by atoms with Crippen LogP contribution in [0.1, 0.15) is 12.5 Å². The van der Waals surface area contributed by atoms with Crippen LogP contribution in [0.25, 0.3) is 5.65 Å². The zero-order valence-corrected chi connectivity index (χ0v) is 11.5. The number of hydrogen-bond acceptors (Lipinski definition) is 5. The molecule has 2 N–H and O–H groups in total. The van der Waals surface area contributed by atoms with E-state index in [2.05, 4.69) is 26.7 Å². The van der Waals surface area contributed by atoms with Crippen molar-refractivity contribution >= 4 is 23.0 Å². The Labute approximate surface area is 122 Å². The maximum atomic E-state index is 9.16. The molecule has 0 bridgehead atoms. The fourth-order valence-corrected chi connectivity index (χ4v) is 2.10. The maximum Gasteiger partial charge on any atom is 0.180 e. The molecule has 0 atom stereocenters. The van der Waals surface area contributed by atoms with Crippen LogP contribution in [0.15, 0.2) is 42.9 Å². The fraction of sp³-hybridized carbons (Fsp3) is 0.133. The Bertz CT molecular complexity index is 814. The largest absolute Gasteiger partial charge is 0.369 e. The molecule has 104 valence electrons. The van der Waals surface area contributed by atoms with Crippen molar-refractivity contribution in [2.45, 2.75) is 6.92 Å². The number of benzene rings is 1. The minimum Gasteiger partial charge on any atom is -0.369 e. The molecule has 0 aliphatic rings. The lowest BCUT2D eigenvalue weighted by Crippen LogP contribution is -2.05. The van der Waals surface area contributed by atoms with Gasteiger partial charge in [-0.3, -0.25) is 0 Å². The number of imidazole rings is 1. The quantitative estimate of drug-likeness (QED) is 0.767. The Morgan fingerprint density at radius 2 is 2.19 bits per heavy atom. The third-order valence-electron chi connectivity index (χ3n) is 3.03. The van der Waals surface area contributed by atoms with Gasteiger partial charge in [0.15, 0.2) is 11.5 Å². The van der Waals surface area contributed by atoms with Crippen molar-refractivity contribution in [2.75, 3.05) is 17.2 Å². The molecule has 3 aromatic rings. The summed E-state index contributed by atoms with van der Waals surface area (Å²) in [5.74, 6) is 1.36. The van der Waals surface area contributed by atoms with E-state index in [1.165, 1.54) is 0 Å². The molecule has 0 aliphatic heterocycles. The number of rotatable bonds is 4.